The Morgan fingerprint density at radius 3 is 2.00 bits per heavy atom. The van der Waals surface area contributed by atoms with Crippen molar-refractivity contribution >= 4 is 18.7 Å². The molecule has 0 radical (unpaired) electrons. The first-order chi connectivity index (χ1) is 13.0. The molecule has 0 amide bonds. The van der Waals surface area contributed by atoms with Crippen LogP contribution < -0.4 is 10.4 Å². The summed E-state index contributed by atoms with van der Waals surface area (Å²) in [5.41, 5.74) is 0. The van der Waals surface area contributed by atoms with Crippen molar-refractivity contribution in [1.29, 1.82) is 0 Å². The van der Waals surface area contributed by atoms with Gasteiger partial charge >= 0.3 is 0 Å². The normalized spacial score (nSPS) is 18.0. The molecule has 1 saturated heterocycles. The van der Waals surface area contributed by atoms with Crippen molar-refractivity contribution in [3.63, 3.8) is 0 Å². The van der Waals surface area contributed by atoms with Crippen LogP contribution in [0.2, 0.25) is 5.04 Å². The van der Waals surface area contributed by atoms with Gasteiger partial charge in [0.25, 0.3) is 8.32 Å². The number of rotatable bonds is 8. The zero-order valence-electron chi connectivity index (χ0n) is 17.1. The number of hydrogen-bond acceptors (Lipinski definition) is 2. The van der Waals surface area contributed by atoms with E-state index in [0.717, 1.165) is 19.6 Å². The Bertz CT molecular complexity index is 633. The Morgan fingerprint density at radius 1 is 0.926 bits per heavy atom. The molecule has 0 saturated carbocycles. The molecule has 1 heterocycles. The van der Waals surface area contributed by atoms with Crippen LogP contribution in [0.1, 0.15) is 52.9 Å². The summed E-state index contributed by atoms with van der Waals surface area (Å²) in [6, 6.07) is 21.8. The van der Waals surface area contributed by atoms with E-state index in [1.165, 1.54) is 36.1 Å². The van der Waals surface area contributed by atoms with Gasteiger partial charge in [0.15, 0.2) is 0 Å². The summed E-state index contributed by atoms with van der Waals surface area (Å²) in [4.78, 5) is 0. The Kier molecular flexibility index (Phi) is 6.91. The lowest BCUT2D eigenvalue weighted by atomic mass is 10.1. The second kappa shape index (κ2) is 9.18. The molecule has 0 N–H and O–H groups in total. The van der Waals surface area contributed by atoms with Gasteiger partial charge in [0.05, 0.1) is 6.10 Å². The number of hydrogen-bond donors (Lipinski definition) is 0. The van der Waals surface area contributed by atoms with Crippen LogP contribution in [-0.4, -0.2) is 27.6 Å². The molecule has 2 aromatic carbocycles. The molecule has 1 atom stereocenters. The second-order valence-corrected chi connectivity index (χ2v) is 12.9. The molecular formula is C24H34O2Si. The van der Waals surface area contributed by atoms with Crippen LogP contribution in [0.4, 0.5) is 0 Å². The minimum Gasteiger partial charge on any atom is -0.407 e. The number of ether oxygens (including phenoxy) is 1. The molecule has 0 bridgehead atoms. The lowest BCUT2D eigenvalue weighted by Gasteiger charge is -2.43. The first-order valence-electron chi connectivity index (χ1n) is 10.4. The van der Waals surface area contributed by atoms with Crippen molar-refractivity contribution in [3.8, 4) is 0 Å². The quantitative estimate of drug-likeness (QED) is 0.477. The third kappa shape index (κ3) is 4.71. The van der Waals surface area contributed by atoms with Crippen molar-refractivity contribution < 1.29 is 9.16 Å². The van der Waals surface area contributed by atoms with Gasteiger partial charge in [-0.05, 0) is 47.5 Å². The maximum Gasteiger partial charge on any atom is 0.261 e. The topological polar surface area (TPSA) is 18.5 Å². The minimum absolute atomic E-state index is 0.0598. The standard InChI is InChI=1S/C24H34O2Si/c1-24(2,3)27(22-15-6-4-7-16-22,23-17-8-5-9-18-23)26-20-11-10-13-21-14-12-19-25-21/h4-9,15-18,21H,10-14,19-20H2,1-3H3/t21-/m0/s1. The summed E-state index contributed by atoms with van der Waals surface area (Å²) in [6.07, 6.45) is 6.40. The SMILES string of the molecule is CC(C)(C)[Si](OCCCC[C@H]1CCCO1)(c1ccccc1)c1ccccc1. The largest absolute Gasteiger partial charge is 0.407 e. The predicted molar refractivity (Wildman–Crippen MR) is 116 cm³/mol. The summed E-state index contributed by atoms with van der Waals surface area (Å²) in [7, 11) is -2.36. The van der Waals surface area contributed by atoms with Gasteiger partial charge in [0, 0.05) is 13.2 Å². The van der Waals surface area contributed by atoms with E-state index in [9.17, 15) is 0 Å². The summed E-state index contributed by atoms with van der Waals surface area (Å²) in [5, 5.41) is 2.79. The summed E-state index contributed by atoms with van der Waals surface area (Å²) in [5.74, 6) is 0. The van der Waals surface area contributed by atoms with Crippen LogP contribution in [0.5, 0.6) is 0 Å². The molecule has 1 aliphatic heterocycles. The summed E-state index contributed by atoms with van der Waals surface area (Å²) < 4.78 is 12.7. The average molecular weight is 383 g/mol. The molecule has 3 rings (SSSR count). The van der Waals surface area contributed by atoms with Gasteiger partial charge in [-0.3, -0.25) is 0 Å². The number of unbranched alkanes of at least 4 members (excludes halogenated alkanes) is 1. The molecule has 0 aromatic heterocycles. The highest BCUT2D eigenvalue weighted by Crippen LogP contribution is 2.36. The zero-order valence-corrected chi connectivity index (χ0v) is 18.1. The van der Waals surface area contributed by atoms with E-state index >= 15 is 0 Å². The van der Waals surface area contributed by atoms with Gasteiger partial charge in [-0.1, -0.05) is 81.4 Å². The van der Waals surface area contributed by atoms with Gasteiger partial charge in [-0.15, -0.1) is 0 Å². The first-order valence-corrected chi connectivity index (χ1v) is 12.3. The molecule has 1 aliphatic rings. The van der Waals surface area contributed by atoms with E-state index in [-0.39, 0.29) is 5.04 Å². The second-order valence-electron chi connectivity index (χ2n) is 8.64. The van der Waals surface area contributed by atoms with Gasteiger partial charge in [-0.25, -0.2) is 0 Å². The average Bonchev–Trinajstić information content (AvgIpc) is 3.19. The molecule has 0 unspecified atom stereocenters. The van der Waals surface area contributed by atoms with Crippen LogP contribution in [0.25, 0.3) is 0 Å². The third-order valence-corrected chi connectivity index (χ3v) is 10.7. The lowest BCUT2D eigenvalue weighted by molar-refractivity contribution is 0.101. The number of benzene rings is 2. The predicted octanol–water partition coefficient (Wildman–Crippen LogP) is 4.91. The molecule has 146 valence electrons. The third-order valence-electron chi connectivity index (χ3n) is 5.68. The molecule has 0 spiro atoms. The summed E-state index contributed by atoms with van der Waals surface area (Å²) >= 11 is 0. The Labute approximate surface area is 166 Å². The van der Waals surface area contributed by atoms with E-state index in [2.05, 4.69) is 81.4 Å². The van der Waals surface area contributed by atoms with Crippen LogP contribution >= 0.6 is 0 Å². The first kappa shape index (κ1) is 20.3. The van der Waals surface area contributed by atoms with Crippen LogP contribution in [-0.2, 0) is 9.16 Å². The van der Waals surface area contributed by atoms with Crippen molar-refractivity contribution in [2.75, 3.05) is 13.2 Å². The fourth-order valence-corrected chi connectivity index (χ4v) is 8.94. The molecule has 1 fully saturated rings. The molecular weight excluding hydrogens is 348 g/mol. The van der Waals surface area contributed by atoms with Gasteiger partial charge in [-0.2, -0.15) is 0 Å². The van der Waals surface area contributed by atoms with Gasteiger partial charge < -0.3 is 9.16 Å². The van der Waals surface area contributed by atoms with Crippen molar-refractivity contribution in [1.82, 2.24) is 0 Å². The molecule has 2 nitrogen and oxygen atoms in total. The van der Waals surface area contributed by atoms with Crippen molar-refractivity contribution in [2.24, 2.45) is 0 Å². The maximum absolute atomic E-state index is 6.93. The molecule has 0 aliphatic carbocycles. The zero-order chi connectivity index (χ0) is 19.2. The van der Waals surface area contributed by atoms with Crippen LogP contribution in [0.15, 0.2) is 60.7 Å². The maximum atomic E-state index is 6.93. The highest BCUT2D eigenvalue weighted by molar-refractivity contribution is 6.99. The van der Waals surface area contributed by atoms with E-state index < -0.39 is 8.32 Å². The monoisotopic (exact) mass is 382 g/mol. The highest BCUT2D eigenvalue weighted by Gasteiger charge is 2.49. The smallest absolute Gasteiger partial charge is 0.261 e. The minimum atomic E-state index is -2.36. The lowest BCUT2D eigenvalue weighted by Crippen LogP contribution is -2.66. The Morgan fingerprint density at radius 2 is 1.52 bits per heavy atom. The molecule has 3 heteroatoms. The summed E-state index contributed by atoms with van der Waals surface area (Å²) in [6.45, 7) is 8.78. The Balaban J connectivity index is 1.78. The van der Waals surface area contributed by atoms with Crippen LogP contribution in [0, 0.1) is 0 Å². The highest BCUT2D eigenvalue weighted by atomic mass is 28.4. The van der Waals surface area contributed by atoms with E-state index in [1.54, 1.807) is 0 Å². The Hall–Kier alpha value is -1.42. The van der Waals surface area contributed by atoms with Gasteiger partial charge in [0.1, 0.15) is 0 Å². The van der Waals surface area contributed by atoms with Crippen molar-refractivity contribution in [3.05, 3.63) is 60.7 Å². The molecule has 27 heavy (non-hydrogen) atoms. The fraction of sp³-hybridized carbons (Fsp3) is 0.500. The van der Waals surface area contributed by atoms with E-state index in [4.69, 9.17) is 9.16 Å². The fourth-order valence-electron chi connectivity index (χ4n) is 4.33. The van der Waals surface area contributed by atoms with E-state index in [1.807, 2.05) is 0 Å². The van der Waals surface area contributed by atoms with Gasteiger partial charge in [0.2, 0.25) is 0 Å². The molecule has 2 aromatic rings. The van der Waals surface area contributed by atoms with Crippen molar-refractivity contribution in [2.45, 2.75) is 64.0 Å². The van der Waals surface area contributed by atoms with E-state index in [0.29, 0.717) is 6.10 Å². The van der Waals surface area contributed by atoms with Crippen LogP contribution in [0.3, 0.4) is 0 Å².